The first-order chi connectivity index (χ1) is 14.0. The minimum absolute atomic E-state index is 0.0403. The molecule has 0 amide bonds. The van der Waals surface area contributed by atoms with Gasteiger partial charge in [0, 0.05) is 22.0 Å². The van der Waals surface area contributed by atoms with Crippen LogP contribution < -0.4 is 5.73 Å². The second-order valence-corrected chi connectivity index (χ2v) is 10.2. The Bertz CT molecular complexity index is 910. The SMILES string of the molecule is CCN1[C@@H](CC(C)(C)C)[C@](N)(c2ccc(Cl)cc2)[C@@H](c2cccc(Cl)c2)[C@@H]1C(=O)O. The summed E-state index contributed by atoms with van der Waals surface area (Å²) in [6.07, 6.45) is 0.751. The van der Waals surface area contributed by atoms with E-state index in [0.29, 0.717) is 16.6 Å². The summed E-state index contributed by atoms with van der Waals surface area (Å²) in [6.45, 7) is 9.05. The number of likely N-dealkylation sites (N-methyl/N-ethyl adjacent to an activating group) is 1. The van der Waals surface area contributed by atoms with Gasteiger partial charge in [-0.05, 0) is 53.8 Å². The molecule has 0 bridgehead atoms. The van der Waals surface area contributed by atoms with Crippen LogP contribution in [0.4, 0.5) is 0 Å². The van der Waals surface area contributed by atoms with Gasteiger partial charge >= 0.3 is 5.97 Å². The highest BCUT2D eigenvalue weighted by atomic mass is 35.5. The van der Waals surface area contributed by atoms with E-state index in [1.165, 1.54) is 0 Å². The van der Waals surface area contributed by atoms with Crippen molar-refractivity contribution in [2.24, 2.45) is 11.1 Å². The predicted octanol–water partition coefficient (Wildman–Crippen LogP) is 5.52. The van der Waals surface area contributed by atoms with E-state index in [-0.39, 0.29) is 11.5 Å². The highest BCUT2D eigenvalue weighted by Crippen LogP contribution is 2.52. The Morgan fingerprint density at radius 1 is 1.13 bits per heavy atom. The van der Waals surface area contributed by atoms with Crippen LogP contribution in [0.15, 0.2) is 48.5 Å². The molecule has 0 radical (unpaired) electrons. The van der Waals surface area contributed by atoms with E-state index in [9.17, 15) is 9.90 Å². The van der Waals surface area contributed by atoms with Crippen molar-refractivity contribution >= 4 is 29.2 Å². The van der Waals surface area contributed by atoms with E-state index >= 15 is 0 Å². The quantitative estimate of drug-likeness (QED) is 0.631. The molecule has 0 saturated carbocycles. The maximum absolute atomic E-state index is 12.6. The van der Waals surface area contributed by atoms with Gasteiger partial charge in [-0.15, -0.1) is 0 Å². The van der Waals surface area contributed by atoms with E-state index in [2.05, 4.69) is 20.8 Å². The lowest BCUT2D eigenvalue weighted by Crippen LogP contribution is -2.52. The number of nitrogens with two attached hydrogens (primary N) is 1. The van der Waals surface area contributed by atoms with E-state index in [1.807, 2.05) is 54.3 Å². The molecule has 0 aliphatic carbocycles. The number of carboxylic acid groups (broad SMARTS) is 1. The van der Waals surface area contributed by atoms with Crippen molar-refractivity contribution in [1.82, 2.24) is 4.90 Å². The number of aliphatic carboxylic acids is 1. The Labute approximate surface area is 189 Å². The highest BCUT2D eigenvalue weighted by molar-refractivity contribution is 6.30. The third kappa shape index (κ3) is 4.24. The third-order valence-electron chi connectivity index (χ3n) is 6.12. The number of halogens is 2. The summed E-state index contributed by atoms with van der Waals surface area (Å²) in [5.74, 6) is -1.34. The van der Waals surface area contributed by atoms with Crippen LogP contribution in [0.25, 0.3) is 0 Å². The van der Waals surface area contributed by atoms with Gasteiger partial charge in [0.15, 0.2) is 0 Å². The maximum atomic E-state index is 12.6. The fourth-order valence-electron chi connectivity index (χ4n) is 4.96. The summed E-state index contributed by atoms with van der Waals surface area (Å²) >= 11 is 12.5. The first-order valence-corrected chi connectivity index (χ1v) is 11.0. The van der Waals surface area contributed by atoms with Crippen LogP contribution in [0.2, 0.25) is 10.0 Å². The van der Waals surface area contributed by atoms with Crippen LogP contribution in [0, 0.1) is 5.41 Å². The second-order valence-electron chi connectivity index (χ2n) is 9.37. The zero-order valence-electron chi connectivity index (χ0n) is 17.9. The van der Waals surface area contributed by atoms with E-state index in [1.54, 1.807) is 6.07 Å². The molecule has 30 heavy (non-hydrogen) atoms. The van der Waals surface area contributed by atoms with Gasteiger partial charge in [0.1, 0.15) is 6.04 Å². The summed E-state index contributed by atoms with van der Waals surface area (Å²) < 4.78 is 0. The molecule has 6 heteroatoms. The number of rotatable bonds is 5. The summed E-state index contributed by atoms with van der Waals surface area (Å²) in [5.41, 5.74) is 8.06. The average Bonchev–Trinajstić information content (AvgIpc) is 2.90. The molecular weight excluding hydrogens is 419 g/mol. The van der Waals surface area contributed by atoms with Crippen molar-refractivity contribution in [3.63, 3.8) is 0 Å². The standard InChI is InChI=1S/C24H30Cl2N2O2/c1-5-28-19(14-23(2,3)4)24(27,16-9-11-17(25)12-10-16)20(21(28)22(29)30)15-7-6-8-18(26)13-15/h6-13,19-21H,5,14,27H2,1-4H3,(H,29,30)/t19-,20-,21+,24+/m0/s1. The van der Waals surface area contributed by atoms with Crippen molar-refractivity contribution in [3.8, 4) is 0 Å². The van der Waals surface area contributed by atoms with Crippen molar-refractivity contribution in [1.29, 1.82) is 0 Å². The van der Waals surface area contributed by atoms with Crippen molar-refractivity contribution in [3.05, 3.63) is 69.7 Å². The average molecular weight is 449 g/mol. The monoisotopic (exact) mass is 448 g/mol. The molecule has 162 valence electrons. The van der Waals surface area contributed by atoms with Gasteiger partial charge < -0.3 is 10.8 Å². The molecule has 1 fully saturated rings. The minimum atomic E-state index is -0.929. The molecule has 3 rings (SSSR count). The van der Waals surface area contributed by atoms with Crippen LogP contribution in [-0.2, 0) is 10.3 Å². The van der Waals surface area contributed by atoms with Gasteiger partial charge in [-0.2, -0.15) is 0 Å². The highest BCUT2D eigenvalue weighted by Gasteiger charge is 2.60. The van der Waals surface area contributed by atoms with E-state index < -0.39 is 23.5 Å². The topological polar surface area (TPSA) is 66.6 Å². The maximum Gasteiger partial charge on any atom is 0.321 e. The van der Waals surface area contributed by atoms with Gasteiger partial charge in [0.05, 0.1) is 5.54 Å². The molecule has 0 spiro atoms. The first kappa shape index (κ1) is 23.1. The Morgan fingerprint density at radius 2 is 1.77 bits per heavy atom. The molecule has 0 unspecified atom stereocenters. The van der Waals surface area contributed by atoms with Crippen LogP contribution in [-0.4, -0.2) is 34.6 Å². The van der Waals surface area contributed by atoms with Crippen molar-refractivity contribution in [2.45, 2.75) is 57.7 Å². The smallest absolute Gasteiger partial charge is 0.321 e. The van der Waals surface area contributed by atoms with Crippen molar-refractivity contribution in [2.75, 3.05) is 6.54 Å². The zero-order chi connectivity index (χ0) is 22.3. The molecule has 1 heterocycles. The molecule has 2 aromatic rings. The largest absolute Gasteiger partial charge is 0.480 e. The lowest BCUT2D eigenvalue weighted by molar-refractivity contribution is -0.143. The molecule has 1 aliphatic rings. The molecule has 4 atom stereocenters. The first-order valence-electron chi connectivity index (χ1n) is 10.3. The van der Waals surface area contributed by atoms with E-state index in [4.69, 9.17) is 28.9 Å². The fraction of sp³-hybridized carbons (Fsp3) is 0.458. The van der Waals surface area contributed by atoms with Crippen molar-refractivity contribution < 1.29 is 9.90 Å². The summed E-state index contributed by atoms with van der Waals surface area (Å²) in [5, 5.41) is 11.5. The third-order valence-corrected chi connectivity index (χ3v) is 6.60. The summed E-state index contributed by atoms with van der Waals surface area (Å²) in [6, 6.07) is 14.0. The Morgan fingerprint density at radius 3 is 2.27 bits per heavy atom. The summed E-state index contributed by atoms with van der Waals surface area (Å²) in [7, 11) is 0. The lowest BCUT2D eigenvalue weighted by Gasteiger charge is -2.41. The van der Waals surface area contributed by atoms with Crippen LogP contribution >= 0.6 is 23.2 Å². The van der Waals surface area contributed by atoms with Gasteiger partial charge in [0.25, 0.3) is 0 Å². The minimum Gasteiger partial charge on any atom is -0.480 e. The molecule has 2 aromatic carbocycles. The number of nitrogens with zero attached hydrogens (tertiary/aromatic N) is 1. The number of carbonyl (C=O) groups is 1. The fourth-order valence-corrected chi connectivity index (χ4v) is 5.29. The molecule has 1 aliphatic heterocycles. The zero-order valence-corrected chi connectivity index (χ0v) is 19.4. The summed E-state index contributed by atoms with van der Waals surface area (Å²) in [4.78, 5) is 14.6. The molecular formula is C24H30Cl2N2O2. The normalized spacial score (nSPS) is 27.4. The van der Waals surface area contributed by atoms with Gasteiger partial charge in [-0.3, -0.25) is 9.69 Å². The number of hydrogen-bond donors (Lipinski definition) is 2. The van der Waals surface area contributed by atoms with Crippen LogP contribution in [0.5, 0.6) is 0 Å². The van der Waals surface area contributed by atoms with Gasteiger partial charge in [-0.25, -0.2) is 0 Å². The Kier molecular flexibility index (Phi) is 6.54. The Hall–Kier alpha value is -1.59. The van der Waals surface area contributed by atoms with Gasteiger partial charge in [-0.1, -0.05) is 75.2 Å². The number of benzene rings is 2. The Balaban J connectivity index is 2.30. The van der Waals surface area contributed by atoms with Gasteiger partial charge in [0.2, 0.25) is 0 Å². The molecule has 4 nitrogen and oxygen atoms in total. The molecule has 3 N–H and O–H groups in total. The predicted molar refractivity (Wildman–Crippen MR) is 123 cm³/mol. The van der Waals surface area contributed by atoms with Crippen LogP contribution in [0.3, 0.4) is 0 Å². The number of hydrogen-bond acceptors (Lipinski definition) is 3. The lowest BCUT2D eigenvalue weighted by atomic mass is 9.68. The molecule has 1 saturated heterocycles. The number of carboxylic acids is 1. The van der Waals surface area contributed by atoms with Crippen LogP contribution in [0.1, 0.15) is 51.2 Å². The van der Waals surface area contributed by atoms with E-state index in [0.717, 1.165) is 17.5 Å². The second kappa shape index (κ2) is 8.51. The number of likely N-dealkylation sites (tertiary alicyclic amines) is 1. The molecule has 0 aromatic heterocycles.